The molecule has 1 saturated heterocycles. The molecule has 5 nitrogen and oxygen atoms in total. The molecule has 0 N–H and O–H groups in total. The molecule has 2 unspecified atom stereocenters. The lowest BCUT2D eigenvalue weighted by molar-refractivity contribution is -0.147. The minimum atomic E-state index is -0.0431. The maximum absolute atomic E-state index is 13.0. The third-order valence-electron chi connectivity index (χ3n) is 4.98. The van der Waals surface area contributed by atoms with Crippen molar-refractivity contribution in [3.05, 3.63) is 30.1 Å². The molecule has 1 fully saturated rings. The number of carbonyl (C=O) groups excluding carboxylic acids is 1. The summed E-state index contributed by atoms with van der Waals surface area (Å²) in [5.74, 6) is 1.38. The SMILES string of the molecule is CC(C)C1OCCCC1C(=O)N(C)Cc1nc2ccccc2n1C. The summed E-state index contributed by atoms with van der Waals surface area (Å²) in [4.78, 5) is 19.4. The number of ether oxygens (including phenoxy) is 1. The van der Waals surface area contributed by atoms with E-state index in [9.17, 15) is 4.79 Å². The average molecular weight is 329 g/mol. The zero-order valence-electron chi connectivity index (χ0n) is 15.0. The number of benzene rings is 1. The Bertz CT molecular complexity index is 722. The number of aromatic nitrogens is 2. The van der Waals surface area contributed by atoms with Gasteiger partial charge < -0.3 is 14.2 Å². The van der Waals surface area contributed by atoms with E-state index in [0.29, 0.717) is 12.5 Å². The molecule has 1 amide bonds. The van der Waals surface area contributed by atoms with Gasteiger partial charge in [-0.1, -0.05) is 26.0 Å². The Kier molecular flexibility index (Phi) is 4.90. The van der Waals surface area contributed by atoms with Gasteiger partial charge in [0.2, 0.25) is 5.91 Å². The number of para-hydroxylation sites is 2. The number of rotatable bonds is 4. The third-order valence-corrected chi connectivity index (χ3v) is 4.98. The molecule has 0 spiro atoms. The van der Waals surface area contributed by atoms with Crippen molar-refractivity contribution in [2.45, 2.75) is 39.3 Å². The Labute approximate surface area is 143 Å². The Hall–Kier alpha value is -1.88. The first-order valence-electron chi connectivity index (χ1n) is 8.76. The van der Waals surface area contributed by atoms with Crippen LogP contribution in [-0.4, -0.2) is 40.1 Å². The van der Waals surface area contributed by atoms with E-state index < -0.39 is 0 Å². The lowest BCUT2D eigenvalue weighted by Gasteiger charge is -2.35. The highest BCUT2D eigenvalue weighted by Crippen LogP contribution is 2.28. The monoisotopic (exact) mass is 329 g/mol. The summed E-state index contributed by atoms with van der Waals surface area (Å²) in [6.45, 7) is 5.54. The number of imidazole rings is 1. The second-order valence-electron chi connectivity index (χ2n) is 7.10. The van der Waals surface area contributed by atoms with E-state index in [4.69, 9.17) is 4.74 Å². The largest absolute Gasteiger partial charge is 0.377 e. The summed E-state index contributed by atoms with van der Waals surface area (Å²) < 4.78 is 7.94. The number of nitrogens with zero attached hydrogens (tertiary/aromatic N) is 3. The van der Waals surface area contributed by atoms with Crippen molar-refractivity contribution in [2.24, 2.45) is 18.9 Å². The van der Waals surface area contributed by atoms with E-state index in [2.05, 4.69) is 29.5 Å². The summed E-state index contributed by atoms with van der Waals surface area (Å²) in [5.41, 5.74) is 2.06. The summed E-state index contributed by atoms with van der Waals surface area (Å²) >= 11 is 0. The first kappa shape index (κ1) is 17.0. The topological polar surface area (TPSA) is 47.4 Å². The van der Waals surface area contributed by atoms with Gasteiger partial charge in [-0.3, -0.25) is 4.79 Å². The minimum absolute atomic E-state index is 0.0224. The summed E-state index contributed by atoms with van der Waals surface area (Å²) in [6.07, 6.45) is 1.89. The van der Waals surface area contributed by atoms with Crippen LogP contribution in [0.3, 0.4) is 0 Å². The average Bonchev–Trinajstić information content (AvgIpc) is 2.90. The number of fused-ring (bicyclic) bond motifs is 1. The summed E-state index contributed by atoms with van der Waals surface area (Å²) in [7, 11) is 3.87. The lowest BCUT2D eigenvalue weighted by atomic mass is 9.86. The van der Waals surface area contributed by atoms with Crippen molar-refractivity contribution < 1.29 is 9.53 Å². The highest BCUT2D eigenvalue weighted by molar-refractivity contribution is 5.80. The van der Waals surface area contributed by atoms with Crippen molar-refractivity contribution in [3.63, 3.8) is 0 Å². The van der Waals surface area contributed by atoms with Crippen LogP contribution in [0.1, 0.15) is 32.5 Å². The van der Waals surface area contributed by atoms with E-state index in [1.165, 1.54) is 0 Å². The van der Waals surface area contributed by atoms with Crippen LogP contribution in [0.15, 0.2) is 24.3 Å². The molecule has 5 heteroatoms. The van der Waals surface area contributed by atoms with Crippen LogP contribution >= 0.6 is 0 Å². The molecule has 2 atom stereocenters. The number of amides is 1. The molecule has 0 bridgehead atoms. The fourth-order valence-corrected chi connectivity index (χ4v) is 3.63. The molecule has 0 saturated carbocycles. The van der Waals surface area contributed by atoms with E-state index in [0.717, 1.165) is 36.3 Å². The maximum atomic E-state index is 13.0. The molecule has 0 radical (unpaired) electrons. The Balaban J connectivity index is 1.76. The molecule has 1 aromatic carbocycles. The zero-order chi connectivity index (χ0) is 17.3. The molecule has 1 aromatic heterocycles. The normalized spacial score (nSPS) is 21.4. The third kappa shape index (κ3) is 3.18. The van der Waals surface area contributed by atoms with Crippen molar-refractivity contribution in [1.82, 2.24) is 14.5 Å². The van der Waals surface area contributed by atoms with Crippen LogP contribution in [0.2, 0.25) is 0 Å². The van der Waals surface area contributed by atoms with Gasteiger partial charge in [-0.2, -0.15) is 0 Å². The molecule has 130 valence electrons. The van der Waals surface area contributed by atoms with E-state index in [1.54, 1.807) is 4.90 Å². The highest BCUT2D eigenvalue weighted by Gasteiger charge is 2.35. The number of aryl methyl sites for hydroxylation is 1. The molecular weight excluding hydrogens is 302 g/mol. The molecule has 2 heterocycles. The van der Waals surface area contributed by atoms with Crippen LogP contribution < -0.4 is 0 Å². The van der Waals surface area contributed by atoms with Gasteiger partial charge in [0.25, 0.3) is 0 Å². The zero-order valence-corrected chi connectivity index (χ0v) is 15.0. The van der Waals surface area contributed by atoms with Crippen LogP contribution in [0, 0.1) is 11.8 Å². The van der Waals surface area contributed by atoms with Crippen LogP contribution in [0.5, 0.6) is 0 Å². The Morgan fingerprint density at radius 3 is 2.88 bits per heavy atom. The van der Waals surface area contributed by atoms with Gasteiger partial charge in [0.05, 0.1) is 29.6 Å². The quantitative estimate of drug-likeness (QED) is 0.866. The minimum Gasteiger partial charge on any atom is -0.377 e. The van der Waals surface area contributed by atoms with E-state index in [1.807, 2.05) is 32.3 Å². The standard InChI is InChI=1S/C19H27N3O2/c1-13(2)18-14(8-7-11-24-18)19(23)21(3)12-17-20-15-9-5-6-10-16(15)22(17)4/h5-6,9-10,13-14,18H,7-8,11-12H2,1-4H3. The van der Waals surface area contributed by atoms with Gasteiger partial charge in [-0.15, -0.1) is 0 Å². The Morgan fingerprint density at radius 1 is 1.42 bits per heavy atom. The molecule has 24 heavy (non-hydrogen) atoms. The second kappa shape index (κ2) is 6.93. The van der Waals surface area contributed by atoms with Gasteiger partial charge in [-0.25, -0.2) is 4.98 Å². The molecular formula is C19H27N3O2. The number of hydrogen-bond acceptors (Lipinski definition) is 3. The van der Waals surface area contributed by atoms with Gasteiger partial charge in [0.1, 0.15) is 5.82 Å². The van der Waals surface area contributed by atoms with Crippen molar-refractivity contribution in [1.29, 1.82) is 0 Å². The predicted octanol–water partition coefficient (Wildman–Crippen LogP) is 2.98. The van der Waals surface area contributed by atoms with Gasteiger partial charge in [0.15, 0.2) is 0 Å². The van der Waals surface area contributed by atoms with Gasteiger partial charge in [0, 0.05) is 20.7 Å². The van der Waals surface area contributed by atoms with E-state index in [-0.39, 0.29) is 17.9 Å². The van der Waals surface area contributed by atoms with Crippen molar-refractivity contribution in [2.75, 3.05) is 13.7 Å². The van der Waals surface area contributed by atoms with Crippen molar-refractivity contribution >= 4 is 16.9 Å². The lowest BCUT2D eigenvalue weighted by Crippen LogP contribution is -2.44. The second-order valence-corrected chi connectivity index (χ2v) is 7.10. The summed E-state index contributed by atoms with van der Waals surface area (Å²) in [6, 6.07) is 8.05. The smallest absolute Gasteiger partial charge is 0.228 e. The first-order valence-corrected chi connectivity index (χ1v) is 8.76. The van der Waals surface area contributed by atoms with Gasteiger partial charge >= 0.3 is 0 Å². The maximum Gasteiger partial charge on any atom is 0.228 e. The van der Waals surface area contributed by atoms with Crippen LogP contribution in [0.4, 0.5) is 0 Å². The number of carbonyl (C=O) groups is 1. The molecule has 0 aliphatic carbocycles. The van der Waals surface area contributed by atoms with Crippen LogP contribution in [-0.2, 0) is 23.1 Å². The Morgan fingerprint density at radius 2 is 2.17 bits per heavy atom. The van der Waals surface area contributed by atoms with Crippen molar-refractivity contribution in [3.8, 4) is 0 Å². The fourth-order valence-electron chi connectivity index (χ4n) is 3.63. The van der Waals surface area contributed by atoms with Crippen LogP contribution in [0.25, 0.3) is 11.0 Å². The van der Waals surface area contributed by atoms with Gasteiger partial charge in [-0.05, 0) is 30.9 Å². The molecule has 3 rings (SSSR count). The molecule has 1 aliphatic heterocycles. The first-order chi connectivity index (χ1) is 11.5. The summed E-state index contributed by atoms with van der Waals surface area (Å²) in [5, 5.41) is 0. The highest BCUT2D eigenvalue weighted by atomic mass is 16.5. The predicted molar refractivity (Wildman–Crippen MR) is 94.5 cm³/mol. The number of hydrogen-bond donors (Lipinski definition) is 0. The van der Waals surface area contributed by atoms with E-state index >= 15 is 0 Å². The molecule has 2 aromatic rings. The fraction of sp³-hybridized carbons (Fsp3) is 0.579. The molecule has 1 aliphatic rings.